The summed E-state index contributed by atoms with van der Waals surface area (Å²) in [6.07, 6.45) is 0.592. The lowest BCUT2D eigenvalue weighted by Gasteiger charge is -2.29. The van der Waals surface area contributed by atoms with Crippen molar-refractivity contribution in [3.8, 4) is 5.75 Å². The molecule has 28 heavy (non-hydrogen) atoms. The maximum absolute atomic E-state index is 12.8. The number of benzene rings is 1. The largest absolute Gasteiger partial charge is 0.508 e. The summed E-state index contributed by atoms with van der Waals surface area (Å²) in [4.78, 5) is 37.3. The van der Waals surface area contributed by atoms with Gasteiger partial charge >= 0.3 is 11.9 Å². The summed E-state index contributed by atoms with van der Waals surface area (Å²) in [7, 11) is 0. The number of phenolic OH excluding ortho intramolecular Hbond substituents is 1. The van der Waals surface area contributed by atoms with Gasteiger partial charge in [-0.2, -0.15) is 0 Å². The molecule has 3 N–H and O–H groups in total. The fraction of sp³-hybridized carbons (Fsp3) is 0.571. The Morgan fingerprint density at radius 3 is 2.04 bits per heavy atom. The molecule has 1 aromatic rings. The van der Waals surface area contributed by atoms with E-state index >= 15 is 0 Å². The van der Waals surface area contributed by atoms with Crippen LogP contribution in [0.4, 0.5) is 0 Å². The van der Waals surface area contributed by atoms with Gasteiger partial charge in [-0.25, -0.2) is 4.79 Å². The summed E-state index contributed by atoms with van der Waals surface area (Å²) in [6, 6.07) is 4.11. The molecule has 7 heteroatoms. The SMILES string of the molecule is CC(C)CC(C)C(=O)N[C@H](C(=O)O)C(C(=O)OC(C)(C)C)c1ccc(O)cc1. The number of aliphatic carboxylic acids is 1. The lowest BCUT2D eigenvalue weighted by atomic mass is 9.90. The first-order valence-electron chi connectivity index (χ1n) is 9.36. The molecule has 7 nitrogen and oxygen atoms in total. The number of phenols is 1. The monoisotopic (exact) mass is 393 g/mol. The Labute approximate surface area is 166 Å². The number of amides is 1. The molecule has 0 saturated carbocycles. The third kappa shape index (κ3) is 7.21. The van der Waals surface area contributed by atoms with Crippen molar-refractivity contribution in [2.24, 2.45) is 11.8 Å². The fourth-order valence-electron chi connectivity index (χ4n) is 2.91. The van der Waals surface area contributed by atoms with E-state index in [1.54, 1.807) is 27.7 Å². The van der Waals surface area contributed by atoms with E-state index < -0.39 is 41.3 Å². The number of carboxylic acid groups (broad SMARTS) is 1. The predicted octanol–water partition coefficient (Wildman–Crippen LogP) is 3.07. The van der Waals surface area contributed by atoms with Gasteiger partial charge in [0.1, 0.15) is 23.3 Å². The molecular weight excluding hydrogens is 362 g/mol. The number of rotatable bonds is 8. The number of carboxylic acids is 1. The van der Waals surface area contributed by atoms with Crippen LogP contribution < -0.4 is 5.32 Å². The molecule has 0 heterocycles. The Morgan fingerprint density at radius 2 is 1.61 bits per heavy atom. The Morgan fingerprint density at radius 1 is 1.07 bits per heavy atom. The van der Waals surface area contributed by atoms with Crippen molar-refractivity contribution in [2.45, 2.75) is 65.5 Å². The first-order valence-corrected chi connectivity index (χ1v) is 9.36. The summed E-state index contributed by atoms with van der Waals surface area (Å²) in [5.41, 5.74) is -0.499. The molecule has 0 aliphatic rings. The molecule has 1 amide bonds. The average molecular weight is 393 g/mol. The molecular formula is C21H31NO6. The maximum atomic E-state index is 12.8. The number of carbonyl (C=O) groups is 3. The zero-order valence-electron chi connectivity index (χ0n) is 17.4. The van der Waals surface area contributed by atoms with Gasteiger partial charge in [-0.15, -0.1) is 0 Å². The van der Waals surface area contributed by atoms with Crippen LogP contribution in [0.15, 0.2) is 24.3 Å². The van der Waals surface area contributed by atoms with Crippen molar-refractivity contribution in [3.05, 3.63) is 29.8 Å². The predicted molar refractivity (Wildman–Crippen MR) is 105 cm³/mol. The molecule has 2 unspecified atom stereocenters. The van der Waals surface area contributed by atoms with Crippen LogP contribution in [-0.2, 0) is 19.1 Å². The Balaban J connectivity index is 3.25. The second kappa shape index (κ2) is 9.57. The molecule has 1 aromatic carbocycles. The highest BCUT2D eigenvalue weighted by Gasteiger charge is 2.39. The van der Waals surface area contributed by atoms with Crippen molar-refractivity contribution >= 4 is 17.8 Å². The smallest absolute Gasteiger partial charge is 0.327 e. The van der Waals surface area contributed by atoms with Gasteiger partial charge in [-0.3, -0.25) is 9.59 Å². The standard InChI is InChI=1S/C21H31NO6/c1-12(2)11-13(3)18(24)22-17(19(25)26)16(20(27)28-21(4,5)6)14-7-9-15(23)10-8-14/h7-10,12-13,16-17,23H,11H2,1-6H3,(H,22,24)(H,25,26)/t13?,16?,17-/m0/s1. The van der Waals surface area contributed by atoms with E-state index in [0.717, 1.165) is 0 Å². The van der Waals surface area contributed by atoms with Crippen LogP contribution in [0, 0.1) is 11.8 Å². The number of aromatic hydroxyl groups is 1. The zero-order chi connectivity index (χ0) is 21.6. The van der Waals surface area contributed by atoms with Crippen molar-refractivity contribution in [1.29, 1.82) is 0 Å². The Bertz CT molecular complexity index is 690. The van der Waals surface area contributed by atoms with Crippen LogP contribution in [0.2, 0.25) is 0 Å². The topological polar surface area (TPSA) is 113 Å². The van der Waals surface area contributed by atoms with E-state index in [1.807, 2.05) is 13.8 Å². The number of nitrogens with one attached hydrogen (secondary N) is 1. The molecule has 0 spiro atoms. The minimum Gasteiger partial charge on any atom is -0.508 e. The van der Waals surface area contributed by atoms with Crippen LogP contribution in [0.5, 0.6) is 5.75 Å². The second-order valence-corrected chi connectivity index (χ2v) is 8.46. The molecule has 0 fully saturated rings. The van der Waals surface area contributed by atoms with Gasteiger partial charge < -0.3 is 20.3 Å². The summed E-state index contributed by atoms with van der Waals surface area (Å²) < 4.78 is 5.41. The van der Waals surface area contributed by atoms with Crippen LogP contribution in [-0.4, -0.2) is 39.7 Å². The van der Waals surface area contributed by atoms with E-state index in [-0.39, 0.29) is 11.7 Å². The molecule has 0 radical (unpaired) electrons. The van der Waals surface area contributed by atoms with Gasteiger partial charge in [-0.1, -0.05) is 32.9 Å². The van der Waals surface area contributed by atoms with Crippen molar-refractivity contribution in [3.63, 3.8) is 0 Å². The van der Waals surface area contributed by atoms with Gasteiger partial charge in [-0.05, 0) is 50.8 Å². The minimum absolute atomic E-state index is 0.0202. The Hall–Kier alpha value is -2.57. The van der Waals surface area contributed by atoms with Crippen molar-refractivity contribution < 1.29 is 29.3 Å². The zero-order valence-corrected chi connectivity index (χ0v) is 17.4. The number of hydrogen-bond donors (Lipinski definition) is 3. The minimum atomic E-state index is -1.50. The fourth-order valence-corrected chi connectivity index (χ4v) is 2.91. The highest BCUT2D eigenvalue weighted by molar-refractivity contribution is 5.92. The van der Waals surface area contributed by atoms with Gasteiger partial charge in [0.2, 0.25) is 5.91 Å². The lowest BCUT2D eigenvalue weighted by Crippen LogP contribution is -2.50. The van der Waals surface area contributed by atoms with Crippen molar-refractivity contribution in [1.82, 2.24) is 5.32 Å². The molecule has 3 atom stereocenters. The average Bonchev–Trinajstić information content (AvgIpc) is 2.53. The van der Waals surface area contributed by atoms with E-state index in [9.17, 15) is 24.6 Å². The lowest BCUT2D eigenvalue weighted by molar-refractivity contribution is -0.161. The Kier molecular flexibility index (Phi) is 8.02. The van der Waals surface area contributed by atoms with Gasteiger partial charge in [0.25, 0.3) is 0 Å². The van der Waals surface area contributed by atoms with Crippen LogP contribution in [0.3, 0.4) is 0 Å². The molecule has 0 aliphatic carbocycles. The number of carbonyl (C=O) groups excluding carboxylic acids is 2. The van der Waals surface area contributed by atoms with E-state index in [1.165, 1.54) is 24.3 Å². The summed E-state index contributed by atoms with van der Waals surface area (Å²) >= 11 is 0. The molecule has 0 aliphatic heterocycles. The van der Waals surface area contributed by atoms with Crippen LogP contribution in [0.25, 0.3) is 0 Å². The van der Waals surface area contributed by atoms with Crippen LogP contribution in [0.1, 0.15) is 59.4 Å². The first kappa shape index (κ1) is 23.5. The maximum Gasteiger partial charge on any atom is 0.327 e. The highest BCUT2D eigenvalue weighted by Crippen LogP contribution is 2.27. The molecule has 0 aromatic heterocycles. The highest BCUT2D eigenvalue weighted by atomic mass is 16.6. The van der Waals surface area contributed by atoms with Crippen molar-refractivity contribution in [2.75, 3.05) is 0 Å². The molecule has 156 valence electrons. The normalized spacial score (nSPS) is 14.8. The quantitative estimate of drug-likeness (QED) is 0.585. The third-order valence-corrected chi connectivity index (χ3v) is 4.08. The summed E-state index contributed by atoms with van der Waals surface area (Å²) in [6.45, 7) is 10.7. The van der Waals surface area contributed by atoms with Gasteiger partial charge in [0.15, 0.2) is 0 Å². The number of ether oxygens (including phenoxy) is 1. The van der Waals surface area contributed by atoms with Gasteiger partial charge in [0, 0.05) is 5.92 Å². The second-order valence-electron chi connectivity index (χ2n) is 8.46. The summed E-state index contributed by atoms with van der Waals surface area (Å²) in [5.74, 6) is -3.95. The summed E-state index contributed by atoms with van der Waals surface area (Å²) in [5, 5.41) is 21.8. The van der Waals surface area contributed by atoms with E-state index in [2.05, 4.69) is 5.32 Å². The van der Waals surface area contributed by atoms with Crippen LogP contribution >= 0.6 is 0 Å². The third-order valence-electron chi connectivity index (χ3n) is 4.08. The molecule has 0 saturated heterocycles. The molecule has 0 bridgehead atoms. The van der Waals surface area contributed by atoms with E-state index in [4.69, 9.17) is 4.74 Å². The van der Waals surface area contributed by atoms with E-state index in [0.29, 0.717) is 12.0 Å². The first-order chi connectivity index (χ1) is 12.8. The number of esters is 1. The van der Waals surface area contributed by atoms with Gasteiger partial charge in [0.05, 0.1) is 0 Å². The molecule has 1 rings (SSSR count). The number of hydrogen-bond acceptors (Lipinski definition) is 5.